The molecule has 0 saturated heterocycles. The number of H-pyrrole nitrogens is 1. The monoisotopic (exact) mass is 211 g/mol. The van der Waals surface area contributed by atoms with Gasteiger partial charge in [-0.2, -0.15) is 0 Å². The molecule has 1 rings (SSSR count). The van der Waals surface area contributed by atoms with Crippen molar-refractivity contribution in [3.63, 3.8) is 0 Å². The van der Waals surface area contributed by atoms with E-state index in [1.54, 1.807) is 6.92 Å². The van der Waals surface area contributed by atoms with Crippen LogP contribution in [0.1, 0.15) is 22.9 Å². The predicted molar refractivity (Wildman–Crippen MR) is 56.6 cm³/mol. The average Bonchev–Trinajstić information content (AvgIpc) is 2.59. The van der Waals surface area contributed by atoms with Crippen LogP contribution in [0.15, 0.2) is 0 Å². The molecule has 6 nitrogen and oxygen atoms in total. The first-order valence-electron chi connectivity index (χ1n) is 4.91. The molecule has 0 aliphatic heterocycles. The van der Waals surface area contributed by atoms with E-state index >= 15 is 0 Å². The number of hydrogen-bond acceptors (Lipinski definition) is 4. The second-order valence-corrected chi connectivity index (χ2v) is 3.66. The van der Waals surface area contributed by atoms with Gasteiger partial charge < -0.3 is 10.2 Å². The molecular formula is C9H17N5O. The normalized spacial score (nSPS) is 10.7. The summed E-state index contributed by atoms with van der Waals surface area (Å²) in [5.41, 5.74) is 0. The maximum absolute atomic E-state index is 11.4. The van der Waals surface area contributed by atoms with Crippen LogP contribution in [0.3, 0.4) is 0 Å². The number of aromatic amines is 1. The Bertz CT molecular complexity index is 320. The summed E-state index contributed by atoms with van der Waals surface area (Å²) in [5.74, 6) is 0.629. The molecule has 0 spiro atoms. The molecule has 0 aromatic carbocycles. The van der Waals surface area contributed by atoms with Crippen molar-refractivity contribution in [3.8, 4) is 0 Å². The Kier molecular flexibility index (Phi) is 4.23. The largest absolute Gasteiger partial charge is 0.349 e. The van der Waals surface area contributed by atoms with Crippen molar-refractivity contribution >= 4 is 5.91 Å². The van der Waals surface area contributed by atoms with Gasteiger partial charge in [-0.3, -0.25) is 9.89 Å². The van der Waals surface area contributed by atoms with E-state index in [1.165, 1.54) is 0 Å². The minimum atomic E-state index is -0.224. The molecule has 0 saturated carbocycles. The van der Waals surface area contributed by atoms with Crippen LogP contribution in [0.5, 0.6) is 0 Å². The van der Waals surface area contributed by atoms with Gasteiger partial charge in [0.1, 0.15) is 5.82 Å². The lowest BCUT2D eigenvalue weighted by molar-refractivity contribution is 0.0942. The molecule has 0 radical (unpaired) electrons. The second-order valence-electron chi connectivity index (χ2n) is 3.66. The third kappa shape index (κ3) is 4.07. The van der Waals surface area contributed by atoms with Gasteiger partial charge in [0, 0.05) is 6.54 Å². The molecule has 84 valence electrons. The molecule has 2 N–H and O–H groups in total. The Balaban J connectivity index is 2.25. The molecule has 0 aliphatic carbocycles. The maximum Gasteiger partial charge on any atom is 0.290 e. The topological polar surface area (TPSA) is 73.9 Å². The smallest absolute Gasteiger partial charge is 0.290 e. The highest BCUT2D eigenvalue weighted by molar-refractivity contribution is 5.90. The molecule has 0 aliphatic rings. The third-order valence-corrected chi connectivity index (χ3v) is 1.87. The zero-order chi connectivity index (χ0) is 11.3. The van der Waals surface area contributed by atoms with Crippen molar-refractivity contribution in [2.75, 3.05) is 27.2 Å². The summed E-state index contributed by atoms with van der Waals surface area (Å²) >= 11 is 0. The van der Waals surface area contributed by atoms with Crippen LogP contribution in [-0.2, 0) is 0 Å². The van der Waals surface area contributed by atoms with Crippen molar-refractivity contribution in [2.45, 2.75) is 13.3 Å². The molecule has 0 atom stereocenters. The summed E-state index contributed by atoms with van der Waals surface area (Å²) in [5, 5.41) is 9.16. The van der Waals surface area contributed by atoms with E-state index in [-0.39, 0.29) is 11.7 Å². The molecule has 6 heteroatoms. The fourth-order valence-corrected chi connectivity index (χ4v) is 1.12. The van der Waals surface area contributed by atoms with E-state index in [0.717, 1.165) is 13.0 Å². The quantitative estimate of drug-likeness (QED) is 0.661. The number of rotatable bonds is 5. The number of amides is 1. The Labute approximate surface area is 89.1 Å². The molecule has 1 amide bonds. The zero-order valence-corrected chi connectivity index (χ0v) is 9.37. The molecule has 0 unspecified atom stereocenters. The van der Waals surface area contributed by atoms with Gasteiger partial charge >= 0.3 is 0 Å². The van der Waals surface area contributed by atoms with Gasteiger partial charge in [-0.1, -0.05) is 0 Å². The van der Waals surface area contributed by atoms with Crippen molar-refractivity contribution in [1.82, 2.24) is 25.4 Å². The first-order valence-corrected chi connectivity index (χ1v) is 4.91. The molecule has 1 aromatic rings. The average molecular weight is 211 g/mol. The van der Waals surface area contributed by atoms with Gasteiger partial charge in [-0.15, -0.1) is 5.10 Å². The summed E-state index contributed by atoms with van der Waals surface area (Å²) in [4.78, 5) is 17.4. The van der Waals surface area contributed by atoms with Gasteiger partial charge in [0.2, 0.25) is 5.82 Å². The van der Waals surface area contributed by atoms with E-state index in [1.807, 2.05) is 14.1 Å². The third-order valence-electron chi connectivity index (χ3n) is 1.87. The van der Waals surface area contributed by atoms with Crippen LogP contribution in [0.4, 0.5) is 0 Å². The van der Waals surface area contributed by atoms with Gasteiger partial charge in [0.05, 0.1) is 0 Å². The zero-order valence-electron chi connectivity index (χ0n) is 9.37. The van der Waals surface area contributed by atoms with Gasteiger partial charge in [0.25, 0.3) is 5.91 Å². The first kappa shape index (κ1) is 11.6. The summed E-state index contributed by atoms with van der Waals surface area (Å²) in [6.45, 7) is 3.35. The summed E-state index contributed by atoms with van der Waals surface area (Å²) in [6, 6.07) is 0. The second kappa shape index (κ2) is 5.45. The van der Waals surface area contributed by atoms with Crippen LogP contribution in [0, 0.1) is 6.92 Å². The highest BCUT2D eigenvalue weighted by atomic mass is 16.2. The lowest BCUT2D eigenvalue weighted by Gasteiger charge is -2.08. The van der Waals surface area contributed by atoms with Gasteiger partial charge in [-0.05, 0) is 34.0 Å². The SMILES string of the molecule is Cc1nc(C(=O)NCCCN(C)C)n[nH]1. The molecule has 0 fully saturated rings. The Hall–Kier alpha value is -1.43. The standard InChI is InChI=1S/C9H17N5O/c1-7-11-8(13-12-7)9(15)10-5-4-6-14(2)3/h4-6H2,1-3H3,(H,10,15)(H,11,12,13). The number of aryl methyl sites for hydroxylation is 1. The number of nitrogens with one attached hydrogen (secondary N) is 2. The minimum absolute atomic E-state index is 0.206. The molecule has 1 heterocycles. The van der Waals surface area contributed by atoms with Crippen LogP contribution in [0.25, 0.3) is 0 Å². The van der Waals surface area contributed by atoms with Crippen LogP contribution in [-0.4, -0.2) is 53.2 Å². The highest BCUT2D eigenvalue weighted by Gasteiger charge is 2.09. The number of hydrogen-bond donors (Lipinski definition) is 2. The molecule has 1 aromatic heterocycles. The molecule has 0 bridgehead atoms. The molecule has 15 heavy (non-hydrogen) atoms. The van der Waals surface area contributed by atoms with Crippen molar-refractivity contribution in [1.29, 1.82) is 0 Å². The summed E-state index contributed by atoms with van der Waals surface area (Å²) in [6.07, 6.45) is 0.919. The maximum atomic E-state index is 11.4. The van der Waals surface area contributed by atoms with E-state index in [9.17, 15) is 4.79 Å². The molecular weight excluding hydrogens is 194 g/mol. The van der Waals surface area contributed by atoms with Crippen molar-refractivity contribution in [2.24, 2.45) is 0 Å². The van der Waals surface area contributed by atoms with Crippen LogP contribution >= 0.6 is 0 Å². The van der Waals surface area contributed by atoms with Crippen molar-refractivity contribution < 1.29 is 4.79 Å². The Morgan fingerprint density at radius 1 is 1.53 bits per heavy atom. The fraction of sp³-hybridized carbons (Fsp3) is 0.667. The van der Waals surface area contributed by atoms with Crippen LogP contribution < -0.4 is 5.32 Å². The number of nitrogens with zero attached hydrogens (tertiary/aromatic N) is 3. The highest BCUT2D eigenvalue weighted by Crippen LogP contribution is 1.90. The first-order chi connectivity index (χ1) is 7.09. The Morgan fingerprint density at radius 3 is 2.80 bits per heavy atom. The van der Waals surface area contributed by atoms with Crippen molar-refractivity contribution in [3.05, 3.63) is 11.6 Å². The lowest BCUT2D eigenvalue weighted by Crippen LogP contribution is -2.27. The number of carbonyl (C=O) groups excluding carboxylic acids is 1. The Morgan fingerprint density at radius 2 is 2.27 bits per heavy atom. The lowest BCUT2D eigenvalue weighted by atomic mass is 10.4. The van der Waals surface area contributed by atoms with E-state index < -0.39 is 0 Å². The van der Waals surface area contributed by atoms with Gasteiger partial charge in [0.15, 0.2) is 0 Å². The fourth-order valence-electron chi connectivity index (χ4n) is 1.12. The number of carbonyl (C=O) groups is 1. The van der Waals surface area contributed by atoms with Crippen LogP contribution in [0.2, 0.25) is 0 Å². The minimum Gasteiger partial charge on any atom is -0.349 e. The summed E-state index contributed by atoms with van der Waals surface area (Å²) < 4.78 is 0. The van der Waals surface area contributed by atoms with E-state index in [4.69, 9.17) is 0 Å². The van der Waals surface area contributed by atoms with E-state index in [0.29, 0.717) is 12.4 Å². The number of aromatic nitrogens is 3. The van der Waals surface area contributed by atoms with E-state index in [2.05, 4.69) is 25.4 Å². The predicted octanol–water partition coefficient (Wildman–Crippen LogP) is -0.205. The van der Waals surface area contributed by atoms with Gasteiger partial charge in [-0.25, -0.2) is 4.98 Å². The summed E-state index contributed by atoms with van der Waals surface area (Å²) in [7, 11) is 4.00.